The van der Waals surface area contributed by atoms with Crippen LogP contribution in [0.1, 0.15) is 29.2 Å². The maximum absolute atomic E-state index is 10.9. The zero-order chi connectivity index (χ0) is 17.9. The van der Waals surface area contributed by atoms with Crippen LogP contribution in [-0.2, 0) is 14.3 Å². The highest BCUT2D eigenvalue weighted by atomic mass is 16.5. The molecule has 1 aliphatic rings. The summed E-state index contributed by atoms with van der Waals surface area (Å²) in [4.78, 5) is 23.3. The average molecular weight is 354 g/mol. The van der Waals surface area contributed by atoms with Crippen molar-refractivity contribution in [2.24, 2.45) is 0 Å². The zero-order valence-electron chi connectivity index (χ0n) is 14.3. The quantitative estimate of drug-likeness (QED) is 0.402. The van der Waals surface area contributed by atoms with E-state index in [1.54, 1.807) is 10.9 Å². The Kier molecular flexibility index (Phi) is 8.36. The van der Waals surface area contributed by atoms with Crippen molar-refractivity contribution in [1.29, 1.82) is 0 Å². The van der Waals surface area contributed by atoms with Gasteiger partial charge in [0.2, 0.25) is 6.41 Å². The summed E-state index contributed by atoms with van der Waals surface area (Å²) in [5.41, 5.74) is 0.236. The average Bonchev–Trinajstić information content (AvgIpc) is 3.11. The number of piperidine rings is 1. The molecule has 2 rings (SSSR count). The number of hydrogen-bond acceptors (Lipinski definition) is 6. The summed E-state index contributed by atoms with van der Waals surface area (Å²) >= 11 is 0. The third kappa shape index (κ3) is 6.81. The van der Waals surface area contributed by atoms with Gasteiger partial charge in [0.25, 0.3) is 0 Å². The van der Waals surface area contributed by atoms with Crippen LogP contribution >= 0.6 is 0 Å². The fourth-order valence-electron chi connectivity index (χ4n) is 2.76. The van der Waals surface area contributed by atoms with Crippen LogP contribution < -0.4 is 5.32 Å². The smallest absolute Gasteiger partial charge is 0.338 e. The molecule has 0 spiro atoms. The number of hydrogen-bond donors (Lipinski definition) is 2. The Labute approximate surface area is 146 Å². The maximum atomic E-state index is 10.9. The third-order valence-corrected chi connectivity index (χ3v) is 4.18. The molecule has 0 atom stereocenters. The first kappa shape index (κ1) is 19.4. The fourth-order valence-corrected chi connectivity index (χ4v) is 2.76. The van der Waals surface area contributed by atoms with Crippen LogP contribution in [0, 0.1) is 0 Å². The predicted octanol–water partition coefficient (Wildman–Crippen LogP) is -0.00260. The van der Waals surface area contributed by atoms with Crippen molar-refractivity contribution in [1.82, 2.24) is 20.0 Å². The van der Waals surface area contributed by atoms with Gasteiger partial charge in [-0.25, -0.2) is 4.79 Å². The maximum Gasteiger partial charge on any atom is 0.338 e. The van der Waals surface area contributed by atoms with Gasteiger partial charge in [-0.15, -0.1) is 0 Å². The van der Waals surface area contributed by atoms with Crippen LogP contribution in [-0.4, -0.2) is 84.8 Å². The Hall–Kier alpha value is -1.97. The lowest BCUT2D eigenvalue weighted by Gasteiger charge is -2.31. The van der Waals surface area contributed by atoms with Crippen LogP contribution in [0.3, 0.4) is 0 Å². The van der Waals surface area contributed by atoms with Crippen molar-refractivity contribution in [2.75, 3.05) is 52.6 Å². The third-order valence-electron chi connectivity index (χ3n) is 4.18. The van der Waals surface area contributed by atoms with E-state index in [4.69, 9.17) is 14.6 Å². The molecule has 9 nitrogen and oxygen atoms in total. The standard InChI is InChI=1S/C16H26N4O5/c21-13-17-3-7-24-9-10-25-8-6-19-4-1-15(2-5-19)20-12-14(11-18-20)16(22)23/h11-13,15H,1-10H2,(H,17,21)(H,22,23). The SMILES string of the molecule is O=CNCCOCCOCCN1CCC(n2cc(C(=O)O)cn2)CC1. The highest BCUT2D eigenvalue weighted by molar-refractivity contribution is 5.86. The molecule has 0 bridgehead atoms. The number of aromatic nitrogens is 2. The first-order chi connectivity index (χ1) is 12.2. The molecule has 0 aliphatic carbocycles. The molecular formula is C16H26N4O5. The second-order valence-electron chi connectivity index (χ2n) is 5.88. The molecule has 25 heavy (non-hydrogen) atoms. The van der Waals surface area contributed by atoms with Gasteiger partial charge in [0.05, 0.1) is 44.2 Å². The molecule has 0 aromatic carbocycles. The van der Waals surface area contributed by atoms with Gasteiger partial charge in [-0.1, -0.05) is 0 Å². The van der Waals surface area contributed by atoms with E-state index < -0.39 is 5.97 Å². The van der Waals surface area contributed by atoms with E-state index in [9.17, 15) is 9.59 Å². The number of nitrogens with one attached hydrogen (secondary N) is 1. The largest absolute Gasteiger partial charge is 0.478 e. The molecule has 0 saturated carbocycles. The van der Waals surface area contributed by atoms with Crippen LogP contribution in [0.25, 0.3) is 0 Å². The number of aromatic carboxylic acids is 1. The van der Waals surface area contributed by atoms with Crippen LogP contribution in [0.15, 0.2) is 12.4 Å². The summed E-state index contributed by atoms with van der Waals surface area (Å²) in [5.74, 6) is -0.940. The molecule has 0 unspecified atom stereocenters. The van der Waals surface area contributed by atoms with Gasteiger partial charge in [0, 0.05) is 32.4 Å². The topological polar surface area (TPSA) is 106 Å². The summed E-state index contributed by atoms with van der Waals surface area (Å²) in [6, 6.07) is 0.263. The molecule has 9 heteroatoms. The minimum Gasteiger partial charge on any atom is -0.478 e. The number of carbonyl (C=O) groups excluding carboxylic acids is 1. The van der Waals surface area contributed by atoms with Crippen molar-refractivity contribution >= 4 is 12.4 Å². The molecule has 1 fully saturated rings. The number of nitrogens with zero attached hydrogens (tertiary/aromatic N) is 3. The van der Waals surface area contributed by atoms with E-state index in [1.807, 2.05) is 0 Å². The number of amides is 1. The summed E-state index contributed by atoms with van der Waals surface area (Å²) < 4.78 is 12.6. The molecule has 2 N–H and O–H groups in total. The number of likely N-dealkylation sites (tertiary alicyclic amines) is 1. The van der Waals surface area contributed by atoms with E-state index >= 15 is 0 Å². The van der Waals surface area contributed by atoms with Gasteiger partial charge in [-0.05, 0) is 12.8 Å². The van der Waals surface area contributed by atoms with E-state index in [-0.39, 0.29) is 11.6 Å². The van der Waals surface area contributed by atoms with E-state index in [1.165, 1.54) is 6.20 Å². The van der Waals surface area contributed by atoms with Crippen LogP contribution in [0.2, 0.25) is 0 Å². The van der Waals surface area contributed by atoms with Crippen LogP contribution in [0.4, 0.5) is 0 Å². The summed E-state index contributed by atoms with van der Waals surface area (Å²) in [6.45, 7) is 5.50. The van der Waals surface area contributed by atoms with E-state index in [2.05, 4.69) is 15.3 Å². The van der Waals surface area contributed by atoms with E-state index in [0.717, 1.165) is 32.5 Å². The van der Waals surface area contributed by atoms with Crippen molar-refractivity contribution in [3.8, 4) is 0 Å². The lowest BCUT2D eigenvalue weighted by Crippen LogP contribution is -2.37. The fraction of sp³-hybridized carbons (Fsp3) is 0.688. The molecule has 2 heterocycles. The Morgan fingerprint density at radius 2 is 2.00 bits per heavy atom. The van der Waals surface area contributed by atoms with Crippen molar-refractivity contribution in [3.63, 3.8) is 0 Å². The molecule has 1 aromatic heterocycles. The monoisotopic (exact) mass is 354 g/mol. The zero-order valence-corrected chi connectivity index (χ0v) is 14.3. The van der Waals surface area contributed by atoms with Gasteiger partial charge in [-0.3, -0.25) is 9.48 Å². The molecule has 0 radical (unpaired) electrons. The molecular weight excluding hydrogens is 328 g/mol. The number of rotatable bonds is 12. The molecule has 140 valence electrons. The summed E-state index contributed by atoms with van der Waals surface area (Å²) in [7, 11) is 0. The van der Waals surface area contributed by atoms with Crippen molar-refractivity contribution in [2.45, 2.75) is 18.9 Å². The number of ether oxygens (including phenoxy) is 2. The van der Waals surface area contributed by atoms with Gasteiger partial charge < -0.3 is 24.8 Å². The Bertz CT molecular complexity index is 528. The summed E-state index contributed by atoms with van der Waals surface area (Å²) in [5, 5.41) is 15.6. The van der Waals surface area contributed by atoms with Gasteiger partial charge in [0.15, 0.2) is 0 Å². The number of carbonyl (C=O) groups is 2. The predicted molar refractivity (Wildman–Crippen MR) is 89.6 cm³/mol. The molecule has 1 aliphatic heterocycles. The first-order valence-corrected chi connectivity index (χ1v) is 8.53. The normalized spacial score (nSPS) is 16.0. The lowest BCUT2D eigenvalue weighted by molar-refractivity contribution is -0.109. The Morgan fingerprint density at radius 3 is 2.64 bits per heavy atom. The molecule has 1 amide bonds. The number of carboxylic acids is 1. The highest BCUT2D eigenvalue weighted by Gasteiger charge is 2.21. The second kappa shape index (κ2) is 10.8. The van der Waals surface area contributed by atoms with E-state index in [0.29, 0.717) is 39.4 Å². The van der Waals surface area contributed by atoms with Gasteiger partial charge >= 0.3 is 5.97 Å². The van der Waals surface area contributed by atoms with Gasteiger partial charge in [0.1, 0.15) is 0 Å². The minimum absolute atomic E-state index is 0.236. The van der Waals surface area contributed by atoms with Crippen LogP contribution in [0.5, 0.6) is 0 Å². The van der Waals surface area contributed by atoms with Crippen molar-refractivity contribution in [3.05, 3.63) is 18.0 Å². The Balaban J connectivity index is 1.52. The second-order valence-corrected chi connectivity index (χ2v) is 5.88. The minimum atomic E-state index is -0.940. The Morgan fingerprint density at radius 1 is 1.28 bits per heavy atom. The first-order valence-electron chi connectivity index (χ1n) is 8.53. The lowest BCUT2D eigenvalue weighted by atomic mass is 10.1. The molecule has 1 saturated heterocycles. The van der Waals surface area contributed by atoms with Crippen molar-refractivity contribution < 1.29 is 24.2 Å². The summed E-state index contributed by atoms with van der Waals surface area (Å²) in [6.07, 6.45) is 5.57. The number of carboxylic acid groups (broad SMARTS) is 1. The van der Waals surface area contributed by atoms with Gasteiger partial charge in [-0.2, -0.15) is 5.10 Å². The molecule has 1 aromatic rings. The highest BCUT2D eigenvalue weighted by Crippen LogP contribution is 2.21.